The minimum absolute atomic E-state index is 0.00789. The first kappa shape index (κ1) is 28.1. The van der Waals surface area contributed by atoms with Crippen LogP contribution in [-0.2, 0) is 6.54 Å². The highest BCUT2D eigenvalue weighted by atomic mass is 19.1. The van der Waals surface area contributed by atoms with Gasteiger partial charge in [0, 0.05) is 49.9 Å². The highest BCUT2D eigenvalue weighted by Gasteiger charge is 2.24. The van der Waals surface area contributed by atoms with Gasteiger partial charge in [-0.05, 0) is 55.7 Å². The van der Waals surface area contributed by atoms with Crippen molar-refractivity contribution < 1.29 is 19.4 Å². The number of hydrogen-bond donors (Lipinski definition) is 3. The summed E-state index contributed by atoms with van der Waals surface area (Å²) < 4.78 is 16.5. The molecule has 1 aromatic heterocycles. The topological polar surface area (TPSA) is 115 Å². The number of benzene rings is 3. The van der Waals surface area contributed by atoms with Crippen molar-refractivity contribution in [3.63, 3.8) is 0 Å². The van der Waals surface area contributed by atoms with E-state index < -0.39 is 11.5 Å². The number of nitrogens with one attached hydrogen (secondary N) is 1. The predicted octanol–water partition coefficient (Wildman–Crippen LogP) is 4.48. The van der Waals surface area contributed by atoms with Gasteiger partial charge >= 0.3 is 5.69 Å². The quantitative estimate of drug-likeness (QED) is 0.321. The van der Waals surface area contributed by atoms with Crippen LogP contribution in [0.1, 0.15) is 52.4 Å². The Labute approximate surface area is 237 Å². The smallest absolute Gasteiger partial charge is 0.348 e. The van der Waals surface area contributed by atoms with E-state index in [4.69, 9.17) is 0 Å². The van der Waals surface area contributed by atoms with Crippen LogP contribution in [0.5, 0.6) is 11.5 Å². The van der Waals surface area contributed by atoms with Crippen molar-refractivity contribution in [2.45, 2.75) is 40.2 Å². The van der Waals surface area contributed by atoms with E-state index in [0.29, 0.717) is 49.4 Å². The minimum atomic E-state index is -0.588. The molecule has 9 nitrogen and oxygen atoms in total. The number of amides is 1. The van der Waals surface area contributed by atoms with E-state index in [0.717, 1.165) is 11.1 Å². The van der Waals surface area contributed by atoms with Gasteiger partial charge in [0.2, 0.25) is 0 Å². The first-order valence-electron chi connectivity index (χ1n) is 13.6. The van der Waals surface area contributed by atoms with Crippen molar-refractivity contribution >= 4 is 5.91 Å². The maximum absolute atomic E-state index is 15.3. The van der Waals surface area contributed by atoms with E-state index in [1.807, 2.05) is 50.8 Å². The van der Waals surface area contributed by atoms with Gasteiger partial charge in [0.25, 0.3) is 5.91 Å². The number of aromatic hydroxyl groups is 2. The summed E-state index contributed by atoms with van der Waals surface area (Å²) in [5.41, 5.74) is 3.74. The Balaban J connectivity index is 1.32. The number of nitrogens with zero attached hydrogens (tertiary/aromatic N) is 4. The predicted molar refractivity (Wildman–Crippen MR) is 154 cm³/mol. The summed E-state index contributed by atoms with van der Waals surface area (Å²) in [7, 11) is 0. The number of aromatic nitrogens is 3. The lowest BCUT2D eigenvalue weighted by Gasteiger charge is -2.35. The average Bonchev–Trinajstić information content (AvgIpc) is 3.30. The summed E-state index contributed by atoms with van der Waals surface area (Å²) in [5, 5.41) is 27.2. The molecule has 3 N–H and O–H groups in total. The zero-order chi connectivity index (χ0) is 29.4. The van der Waals surface area contributed by atoms with E-state index in [9.17, 15) is 19.8 Å². The van der Waals surface area contributed by atoms with Gasteiger partial charge in [-0.2, -0.15) is 5.10 Å². The third-order valence-corrected chi connectivity index (χ3v) is 7.50. The molecule has 0 radical (unpaired) electrons. The van der Waals surface area contributed by atoms with Crippen LogP contribution >= 0.6 is 0 Å². The van der Waals surface area contributed by atoms with Gasteiger partial charge in [0.1, 0.15) is 17.3 Å². The summed E-state index contributed by atoms with van der Waals surface area (Å²) in [6, 6.07) is 13.2. The van der Waals surface area contributed by atoms with Crippen LogP contribution < -0.4 is 5.69 Å². The van der Waals surface area contributed by atoms with Crippen LogP contribution in [-0.4, -0.2) is 66.9 Å². The molecule has 0 unspecified atom stereocenters. The molecule has 0 atom stereocenters. The van der Waals surface area contributed by atoms with Crippen molar-refractivity contribution in [2.75, 3.05) is 26.2 Å². The Bertz CT molecular complexity index is 1650. The highest BCUT2D eigenvalue weighted by Crippen LogP contribution is 2.37. The number of aromatic amines is 1. The molecule has 214 valence electrons. The summed E-state index contributed by atoms with van der Waals surface area (Å²) in [6.45, 7) is 10.4. The van der Waals surface area contributed by atoms with Crippen molar-refractivity contribution in [1.82, 2.24) is 24.6 Å². The number of phenols is 2. The molecule has 0 bridgehead atoms. The molecule has 1 fully saturated rings. The fourth-order valence-electron chi connectivity index (χ4n) is 5.39. The number of hydrogen-bond acceptors (Lipinski definition) is 6. The van der Waals surface area contributed by atoms with Crippen molar-refractivity contribution in [1.29, 1.82) is 0 Å². The standard InChI is InChI=1S/C31H34FN5O4/c1-18(2)24-15-25(28(39)16-27(24)38)29-33-34-31(41)37(29)23-6-5-21(26(32)14-23)17-35-7-9-36(10-8-35)30(40)22-12-19(3)11-20(4)13-22/h5-6,11-16,18,38-39H,7-10,17H2,1-4H3,(H,34,41). The SMILES string of the molecule is Cc1cc(C)cc(C(=O)N2CCN(Cc3ccc(-n4c(-c5cc(C(C)C)c(O)cc5O)n[nH]c4=O)cc3F)CC2)c1. The lowest BCUT2D eigenvalue weighted by Crippen LogP contribution is -2.48. The largest absolute Gasteiger partial charge is 0.508 e. The monoisotopic (exact) mass is 559 g/mol. The molecule has 4 aromatic rings. The Kier molecular flexibility index (Phi) is 7.68. The van der Waals surface area contributed by atoms with Crippen LogP contribution in [0.25, 0.3) is 17.1 Å². The Morgan fingerprint density at radius 2 is 1.66 bits per heavy atom. The van der Waals surface area contributed by atoms with Crippen molar-refractivity contribution in [3.8, 4) is 28.6 Å². The molecule has 1 aliphatic heterocycles. The summed E-state index contributed by atoms with van der Waals surface area (Å²) in [4.78, 5) is 29.6. The number of phenolic OH excluding ortho intramolecular Hbond substituents is 2. The van der Waals surface area contributed by atoms with E-state index >= 15 is 4.39 Å². The van der Waals surface area contributed by atoms with E-state index in [-0.39, 0.29) is 40.4 Å². The number of carbonyl (C=O) groups is 1. The normalized spacial score (nSPS) is 14.1. The zero-order valence-corrected chi connectivity index (χ0v) is 23.6. The van der Waals surface area contributed by atoms with Gasteiger partial charge < -0.3 is 15.1 Å². The van der Waals surface area contributed by atoms with Crippen LogP contribution in [0.3, 0.4) is 0 Å². The molecule has 2 heterocycles. The molecule has 5 rings (SSSR count). The summed E-state index contributed by atoms with van der Waals surface area (Å²) in [6.07, 6.45) is 0. The molecule has 0 aliphatic carbocycles. The van der Waals surface area contributed by atoms with Crippen molar-refractivity contribution in [2.24, 2.45) is 0 Å². The number of aryl methyl sites for hydroxylation is 2. The molecular weight excluding hydrogens is 525 g/mol. The Hall–Kier alpha value is -4.44. The van der Waals surface area contributed by atoms with Crippen LogP contribution in [0.15, 0.2) is 53.3 Å². The highest BCUT2D eigenvalue weighted by molar-refractivity contribution is 5.94. The zero-order valence-electron chi connectivity index (χ0n) is 23.6. The molecule has 41 heavy (non-hydrogen) atoms. The molecule has 0 saturated carbocycles. The molecule has 3 aromatic carbocycles. The number of halogens is 1. The molecule has 10 heteroatoms. The first-order chi connectivity index (χ1) is 19.5. The molecule has 1 aliphatic rings. The Morgan fingerprint density at radius 1 is 0.976 bits per heavy atom. The summed E-state index contributed by atoms with van der Waals surface area (Å²) >= 11 is 0. The van der Waals surface area contributed by atoms with Gasteiger partial charge in [-0.15, -0.1) is 0 Å². The second-order valence-electron chi connectivity index (χ2n) is 11.0. The number of piperazine rings is 1. The van der Waals surface area contributed by atoms with Gasteiger partial charge in [0.15, 0.2) is 5.82 Å². The van der Waals surface area contributed by atoms with Crippen LogP contribution in [0.4, 0.5) is 4.39 Å². The van der Waals surface area contributed by atoms with Gasteiger partial charge in [-0.1, -0.05) is 37.1 Å². The van der Waals surface area contributed by atoms with E-state index in [1.54, 1.807) is 18.2 Å². The fourth-order valence-corrected chi connectivity index (χ4v) is 5.39. The summed E-state index contributed by atoms with van der Waals surface area (Å²) in [5.74, 6) is -0.722. The van der Waals surface area contributed by atoms with Gasteiger partial charge in [-0.3, -0.25) is 9.69 Å². The maximum Gasteiger partial charge on any atom is 0.348 e. The molecule has 1 saturated heterocycles. The molecular formula is C31H34FN5O4. The first-order valence-corrected chi connectivity index (χ1v) is 13.6. The van der Waals surface area contributed by atoms with Crippen molar-refractivity contribution in [3.05, 3.63) is 92.6 Å². The fraction of sp³-hybridized carbons (Fsp3) is 0.323. The third-order valence-electron chi connectivity index (χ3n) is 7.50. The van der Waals surface area contributed by atoms with E-state index in [1.165, 1.54) is 16.7 Å². The minimum Gasteiger partial charge on any atom is -0.508 e. The second-order valence-corrected chi connectivity index (χ2v) is 11.0. The van der Waals surface area contributed by atoms with Gasteiger partial charge in [0.05, 0.1) is 11.3 Å². The average molecular weight is 560 g/mol. The number of H-pyrrole nitrogens is 1. The molecule has 0 spiro atoms. The molecule has 1 amide bonds. The number of rotatable bonds is 6. The third kappa shape index (κ3) is 5.74. The maximum atomic E-state index is 15.3. The lowest BCUT2D eigenvalue weighted by molar-refractivity contribution is 0.0627. The van der Waals surface area contributed by atoms with Crippen LogP contribution in [0.2, 0.25) is 0 Å². The lowest BCUT2D eigenvalue weighted by atomic mass is 9.98. The van der Waals surface area contributed by atoms with E-state index in [2.05, 4.69) is 15.1 Å². The van der Waals surface area contributed by atoms with Gasteiger partial charge in [-0.25, -0.2) is 18.9 Å². The number of carbonyl (C=O) groups excluding carboxylic acids is 1. The Morgan fingerprint density at radius 3 is 2.29 bits per heavy atom. The second kappa shape index (κ2) is 11.2. The van der Waals surface area contributed by atoms with Crippen LogP contribution in [0, 0.1) is 19.7 Å².